The maximum Gasteiger partial charge on any atom is 0.322 e. The van der Waals surface area contributed by atoms with E-state index in [2.05, 4.69) is 5.32 Å². The fraction of sp³-hybridized carbons (Fsp3) is 0.429. The molecule has 0 spiro atoms. The van der Waals surface area contributed by atoms with Crippen LogP contribution in [0.3, 0.4) is 0 Å². The van der Waals surface area contributed by atoms with Crippen LogP contribution >= 0.6 is 0 Å². The third-order valence-electron chi connectivity index (χ3n) is 3.41. The Bertz CT molecular complexity index is 516. The number of amides is 3. The summed E-state index contributed by atoms with van der Waals surface area (Å²) >= 11 is 0. The van der Waals surface area contributed by atoms with Gasteiger partial charge in [0.25, 0.3) is 0 Å². The van der Waals surface area contributed by atoms with E-state index in [1.54, 1.807) is 11.9 Å². The molecule has 0 aromatic heterocycles. The summed E-state index contributed by atoms with van der Waals surface area (Å²) in [6.07, 6.45) is 0. The molecule has 108 valence electrons. The molecule has 6 heteroatoms. The lowest BCUT2D eigenvalue weighted by molar-refractivity contribution is -0.133. The number of nitrogens with two attached hydrogens (primary N) is 1. The Kier molecular flexibility index (Phi) is 4.24. The number of nitrogens with zero attached hydrogens (tertiary/aromatic N) is 2. The maximum absolute atomic E-state index is 12.1. The molecule has 1 fully saturated rings. The Morgan fingerprint density at radius 3 is 2.80 bits per heavy atom. The van der Waals surface area contributed by atoms with Crippen LogP contribution < -0.4 is 11.1 Å². The molecule has 1 unspecified atom stereocenters. The fourth-order valence-corrected chi connectivity index (χ4v) is 2.03. The third-order valence-corrected chi connectivity index (χ3v) is 3.41. The van der Waals surface area contributed by atoms with E-state index in [1.165, 1.54) is 4.90 Å². The van der Waals surface area contributed by atoms with Gasteiger partial charge in [-0.15, -0.1) is 0 Å². The van der Waals surface area contributed by atoms with Crippen LogP contribution in [-0.2, 0) is 4.79 Å². The van der Waals surface area contributed by atoms with Crippen LogP contribution in [-0.4, -0.2) is 48.4 Å². The molecule has 20 heavy (non-hydrogen) atoms. The van der Waals surface area contributed by atoms with Crippen molar-refractivity contribution >= 4 is 17.6 Å². The number of anilines is 1. The molecule has 3 amide bonds. The number of hydrogen-bond donors (Lipinski definition) is 2. The largest absolute Gasteiger partial charge is 0.342 e. The summed E-state index contributed by atoms with van der Waals surface area (Å²) in [4.78, 5) is 26.8. The van der Waals surface area contributed by atoms with Gasteiger partial charge in [-0.1, -0.05) is 12.1 Å². The Morgan fingerprint density at radius 2 is 2.15 bits per heavy atom. The molecule has 1 atom stereocenters. The third kappa shape index (κ3) is 3.27. The maximum atomic E-state index is 12.1. The van der Waals surface area contributed by atoms with E-state index in [1.807, 2.05) is 31.2 Å². The molecule has 0 aliphatic carbocycles. The lowest BCUT2D eigenvalue weighted by Crippen LogP contribution is -2.51. The van der Waals surface area contributed by atoms with Gasteiger partial charge in [-0.2, -0.15) is 0 Å². The van der Waals surface area contributed by atoms with Gasteiger partial charge in [-0.25, -0.2) is 4.79 Å². The second-order valence-electron chi connectivity index (χ2n) is 5.08. The minimum absolute atomic E-state index is 0.0456. The lowest BCUT2D eigenvalue weighted by Gasteiger charge is -2.31. The van der Waals surface area contributed by atoms with Crippen molar-refractivity contribution in [1.29, 1.82) is 0 Å². The number of rotatable bonds is 2. The molecular formula is C14H20N4O2. The topological polar surface area (TPSA) is 78.7 Å². The van der Waals surface area contributed by atoms with Crippen LogP contribution in [0.1, 0.15) is 18.5 Å². The first-order chi connectivity index (χ1) is 9.47. The monoisotopic (exact) mass is 276 g/mol. The van der Waals surface area contributed by atoms with Crippen molar-refractivity contribution in [2.45, 2.75) is 13.0 Å². The summed E-state index contributed by atoms with van der Waals surface area (Å²) in [7, 11) is 1.74. The Balaban J connectivity index is 2.01. The van der Waals surface area contributed by atoms with E-state index in [0.717, 1.165) is 5.56 Å². The van der Waals surface area contributed by atoms with E-state index < -0.39 is 0 Å². The standard InChI is InChI=1S/C14H20N4O2/c1-10(15)11-4-3-5-12(8-11)16-14(20)18-7-6-17(2)13(19)9-18/h3-5,8,10H,6-7,9,15H2,1-2H3,(H,16,20). The molecule has 2 rings (SSSR count). The lowest BCUT2D eigenvalue weighted by atomic mass is 10.1. The van der Waals surface area contributed by atoms with Crippen molar-refractivity contribution in [3.8, 4) is 0 Å². The average molecular weight is 276 g/mol. The van der Waals surface area contributed by atoms with Crippen LogP contribution in [0.5, 0.6) is 0 Å². The molecule has 0 radical (unpaired) electrons. The molecule has 1 aromatic rings. The highest BCUT2D eigenvalue weighted by atomic mass is 16.2. The van der Waals surface area contributed by atoms with Crippen molar-refractivity contribution < 1.29 is 9.59 Å². The summed E-state index contributed by atoms with van der Waals surface area (Å²) in [5, 5.41) is 2.80. The van der Waals surface area contributed by atoms with Crippen LogP contribution in [0.4, 0.5) is 10.5 Å². The van der Waals surface area contributed by atoms with E-state index in [4.69, 9.17) is 5.73 Å². The molecule has 0 bridgehead atoms. The zero-order valence-corrected chi connectivity index (χ0v) is 11.8. The number of carbonyl (C=O) groups is 2. The second kappa shape index (κ2) is 5.92. The number of benzene rings is 1. The predicted octanol–water partition coefficient (Wildman–Crippen LogP) is 1.01. The molecule has 1 heterocycles. The van der Waals surface area contributed by atoms with E-state index in [9.17, 15) is 9.59 Å². The first-order valence-electron chi connectivity index (χ1n) is 6.63. The van der Waals surface area contributed by atoms with Crippen molar-refractivity contribution in [3.05, 3.63) is 29.8 Å². The zero-order chi connectivity index (χ0) is 14.7. The van der Waals surface area contributed by atoms with Crippen LogP contribution in [0.15, 0.2) is 24.3 Å². The van der Waals surface area contributed by atoms with Crippen LogP contribution in [0, 0.1) is 0 Å². The molecule has 1 aromatic carbocycles. The Morgan fingerprint density at radius 1 is 1.40 bits per heavy atom. The molecule has 0 saturated carbocycles. The molecule has 6 nitrogen and oxygen atoms in total. The van der Waals surface area contributed by atoms with Crippen molar-refractivity contribution in [2.75, 3.05) is 32.0 Å². The van der Waals surface area contributed by atoms with E-state index in [-0.39, 0.29) is 24.5 Å². The van der Waals surface area contributed by atoms with Gasteiger partial charge in [0, 0.05) is 31.9 Å². The number of piperazine rings is 1. The van der Waals surface area contributed by atoms with Gasteiger partial charge >= 0.3 is 6.03 Å². The van der Waals surface area contributed by atoms with Crippen LogP contribution in [0.2, 0.25) is 0 Å². The van der Waals surface area contributed by atoms with Gasteiger partial charge in [-0.3, -0.25) is 4.79 Å². The number of urea groups is 1. The van der Waals surface area contributed by atoms with Gasteiger partial charge in [0.05, 0.1) is 0 Å². The Hall–Kier alpha value is -2.08. The summed E-state index contributed by atoms with van der Waals surface area (Å²) in [6, 6.07) is 7.08. The van der Waals surface area contributed by atoms with Crippen molar-refractivity contribution in [3.63, 3.8) is 0 Å². The first kappa shape index (κ1) is 14.3. The molecule has 3 N–H and O–H groups in total. The van der Waals surface area contributed by atoms with Crippen molar-refractivity contribution in [1.82, 2.24) is 9.80 Å². The fourth-order valence-electron chi connectivity index (χ4n) is 2.03. The second-order valence-corrected chi connectivity index (χ2v) is 5.08. The van der Waals surface area contributed by atoms with Gasteiger partial charge < -0.3 is 20.9 Å². The minimum Gasteiger partial charge on any atom is -0.342 e. The quantitative estimate of drug-likeness (QED) is 0.846. The molecule has 1 aliphatic rings. The number of likely N-dealkylation sites (N-methyl/N-ethyl adjacent to an activating group) is 1. The van der Waals surface area contributed by atoms with Crippen LogP contribution in [0.25, 0.3) is 0 Å². The SMILES string of the molecule is CC(N)c1cccc(NC(=O)N2CCN(C)C(=O)C2)c1. The zero-order valence-electron chi connectivity index (χ0n) is 11.8. The summed E-state index contributed by atoms with van der Waals surface area (Å²) in [6.45, 7) is 3.11. The average Bonchev–Trinajstić information content (AvgIpc) is 2.42. The smallest absolute Gasteiger partial charge is 0.322 e. The molecule has 1 saturated heterocycles. The number of carbonyl (C=O) groups excluding carboxylic acids is 2. The highest BCUT2D eigenvalue weighted by Gasteiger charge is 2.24. The molecular weight excluding hydrogens is 256 g/mol. The van der Waals surface area contributed by atoms with Gasteiger partial charge in [0.15, 0.2) is 0 Å². The summed E-state index contributed by atoms with van der Waals surface area (Å²) in [5.74, 6) is -0.0456. The number of hydrogen-bond acceptors (Lipinski definition) is 3. The summed E-state index contributed by atoms with van der Waals surface area (Å²) in [5.41, 5.74) is 7.46. The van der Waals surface area contributed by atoms with Gasteiger partial charge in [-0.05, 0) is 24.6 Å². The first-order valence-corrected chi connectivity index (χ1v) is 6.63. The Labute approximate surface area is 118 Å². The summed E-state index contributed by atoms with van der Waals surface area (Å²) < 4.78 is 0. The molecule has 1 aliphatic heterocycles. The normalized spacial score (nSPS) is 17.1. The van der Waals surface area contributed by atoms with Gasteiger partial charge in [0.1, 0.15) is 6.54 Å². The highest BCUT2D eigenvalue weighted by Crippen LogP contribution is 2.16. The number of nitrogens with one attached hydrogen (secondary N) is 1. The van der Waals surface area contributed by atoms with E-state index >= 15 is 0 Å². The van der Waals surface area contributed by atoms with Gasteiger partial charge in [0.2, 0.25) is 5.91 Å². The minimum atomic E-state index is -0.256. The van der Waals surface area contributed by atoms with Crippen molar-refractivity contribution in [2.24, 2.45) is 5.73 Å². The predicted molar refractivity (Wildman–Crippen MR) is 77.3 cm³/mol. The van der Waals surface area contributed by atoms with E-state index in [0.29, 0.717) is 18.8 Å². The highest BCUT2D eigenvalue weighted by molar-refractivity contribution is 5.93.